The molecule has 1 aromatic heterocycles. The molecule has 0 aliphatic carbocycles. The first-order chi connectivity index (χ1) is 8.54. The van der Waals surface area contributed by atoms with Gasteiger partial charge in [-0.05, 0) is 44.8 Å². The second-order valence-electron chi connectivity index (χ2n) is 5.22. The molecule has 0 spiro atoms. The van der Waals surface area contributed by atoms with Crippen molar-refractivity contribution in [3.8, 4) is 0 Å². The monoisotopic (exact) mass is 251 g/mol. The summed E-state index contributed by atoms with van der Waals surface area (Å²) in [7, 11) is 1.97. The summed E-state index contributed by atoms with van der Waals surface area (Å²) >= 11 is 0. The number of hydrogen-bond acceptors (Lipinski definition) is 3. The van der Waals surface area contributed by atoms with E-state index in [1.165, 1.54) is 5.69 Å². The second kappa shape index (κ2) is 5.52. The molecule has 1 aliphatic rings. The van der Waals surface area contributed by atoms with Gasteiger partial charge in [-0.2, -0.15) is 5.10 Å². The van der Waals surface area contributed by atoms with Gasteiger partial charge in [0.2, 0.25) is 0 Å². The number of rotatable bonds is 4. The van der Waals surface area contributed by atoms with E-state index in [1.54, 1.807) is 0 Å². The van der Waals surface area contributed by atoms with E-state index in [9.17, 15) is 4.79 Å². The third-order valence-corrected chi connectivity index (χ3v) is 3.65. The lowest BCUT2D eigenvalue weighted by Crippen LogP contribution is -2.34. The van der Waals surface area contributed by atoms with Gasteiger partial charge in [-0.25, -0.2) is 0 Å². The number of aryl methyl sites for hydroxylation is 2. The number of carbonyl (C=O) groups is 1. The van der Waals surface area contributed by atoms with E-state index in [1.807, 2.05) is 18.7 Å². The normalized spacial score (nSPS) is 18.1. The number of likely N-dealkylation sites (tertiary alicyclic amines) is 1. The predicted molar refractivity (Wildman–Crippen MR) is 68.2 cm³/mol. The van der Waals surface area contributed by atoms with Crippen LogP contribution in [0.3, 0.4) is 0 Å². The van der Waals surface area contributed by atoms with Crippen molar-refractivity contribution in [2.75, 3.05) is 13.1 Å². The molecule has 1 fully saturated rings. The Labute approximate surface area is 107 Å². The topological polar surface area (TPSA) is 58.4 Å². The Balaban J connectivity index is 1.83. The highest BCUT2D eigenvalue weighted by Gasteiger charge is 2.21. The molecule has 2 rings (SSSR count). The van der Waals surface area contributed by atoms with Gasteiger partial charge in [0.1, 0.15) is 0 Å². The molecule has 0 saturated carbocycles. The fourth-order valence-corrected chi connectivity index (χ4v) is 2.64. The average molecular weight is 251 g/mol. The van der Waals surface area contributed by atoms with Crippen LogP contribution in [0, 0.1) is 12.8 Å². The smallest absolute Gasteiger partial charge is 0.303 e. The third kappa shape index (κ3) is 3.32. The maximum Gasteiger partial charge on any atom is 0.303 e. The van der Waals surface area contributed by atoms with Crippen LogP contribution in [0.15, 0.2) is 6.07 Å². The molecule has 2 heterocycles. The minimum atomic E-state index is -0.671. The molecule has 0 unspecified atom stereocenters. The minimum Gasteiger partial charge on any atom is -0.481 e. The van der Waals surface area contributed by atoms with Crippen molar-refractivity contribution in [2.24, 2.45) is 13.0 Å². The van der Waals surface area contributed by atoms with Gasteiger partial charge in [-0.15, -0.1) is 0 Å². The van der Waals surface area contributed by atoms with Gasteiger partial charge in [-0.3, -0.25) is 14.4 Å². The molecule has 1 aromatic rings. The summed E-state index contributed by atoms with van der Waals surface area (Å²) in [6, 6.07) is 2.11. The number of piperidine rings is 1. The van der Waals surface area contributed by atoms with Gasteiger partial charge in [0.05, 0.1) is 11.4 Å². The maximum atomic E-state index is 10.7. The van der Waals surface area contributed by atoms with Crippen molar-refractivity contribution >= 4 is 5.97 Å². The van der Waals surface area contributed by atoms with Crippen LogP contribution in [0.5, 0.6) is 0 Å². The Morgan fingerprint density at radius 1 is 1.50 bits per heavy atom. The maximum absolute atomic E-state index is 10.7. The summed E-state index contributed by atoms with van der Waals surface area (Å²) in [4.78, 5) is 13.0. The predicted octanol–water partition coefficient (Wildman–Crippen LogP) is 1.42. The van der Waals surface area contributed by atoms with Crippen LogP contribution in [-0.4, -0.2) is 38.8 Å². The summed E-state index contributed by atoms with van der Waals surface area (Å²) in [6.45, 7) is 4.89. The number of nitrogens with zero attached hydrogens (tertiary/aromatic N) is 3. The van der Waals surface area contributed by atoms with Crippen molar-refractivity contribution in [3.05, 3.63) is 17.5 Å². The standard InChI is InChI=1S/C13H21N3O2/c1-10-7-12(15(2)14-10)9-16-5-3-11(4-6-16)8-13(17)18/h7,11H,3-6,8-9H2,1-2H3,(H,17,18). The molecule has 0 amide bonds. The van der Waals surface area contributed by atoms with Gasteiger partial charge in [0, 0.05) is 20.0 Å². The van der Waals surface area contributed by atoms with Crippen molar-refractivity contribution in [1.29, 1.82) is 0 Å². The van der Waals surface area contributed by atoms with Gasteiger partial charge in [-0.1, -0.05) is 0 Å². The molecule has 5 heteroatoms. The van der Waals surface area contributed by atoms with Crippen LogP contribution in [0.25, 0.3) is 0 Å². The number of aromatic nitrogens is 2. The zero-order valence-electron chi connectivity index (χ0n) is 11.1. The lowest BCUT2D eigenvalue weighted by atomic mass is 9.93. The zero-order valence-corrected chi connectivity index (χ0v) is 11.1. The first kappa shape index (κ1) is 13.1. The Morgan fingerprint density at radius 2 is 2.17 bits per heavy atom. The first-order valence-electron chi connectivity index (χ1n) is 6.48. The number of hydrogen-bond donors (Lipinski definition) is 1. The molecule has 18 heavy (non-hydrogen) atoms. The van der Waals surface area contributed by atoms with E-state index in [4.69, 9.17) is 5.11 Å². The molecule has 1 aliphatic heterocycles. The molecule has 1 saturated heterocycles. The lowest BCUT2D eigenvalue weighted by Gasteiger charge is -2.31. The summed E-state index contributed by atoms with van der Waals surface area (Å²) in [5.74, 6) is -0.317. The van der Waals surface area contributed by atoms with Crippen molar-refractivity contribution in [3.63, 3.8) is 0 Å². The van der Waals surface area contributed by atoms with Crippen LogP contribution in [0.1, 0.15) is 30.7 Å². The molecular formula is C13H21N3O2. The molecule has 0 atom stereocenters. The van der Waals surface area contributed by atoms with Crippen LogP contribution in [-0.2, 0) is 18.4 Å². The molecule has 0 aromatic carbocycles. The Kier molecular flexibility index (Phi) is 4.01. The summed E-state index contributed by atoms with van der Waals surface area (Å²) < 4.78 is 1.93. The van der Waals surface area contributed by atoms with E-state index < -0.39 is 5.97 Å². The van der Waals surface area contributed by atoms with Gasteiger partial charge < -0.3 is 5.11 Å². The van der Waals surface area contributed by atoms with Crippen LogP contribution < -0.4 is 0 Å². The van der Waals surface area contributed by atoms with E-state index >= 15 is 0 Å². The van der Waals surface area contributed by atoms with Crippen molar-refractivity contribution in [1.82, 2.24) is 14.7 Å². The Morgan fingerprint density at radius 3 is 2.67 bits per heavy atom. The molecule has 0 bridgehead atoms. The Hall–Kier alpha value is -1.36. The third-order valence-electron chi connectivity index (χ3n) is 3.65. The number of aliphatic carboxylic acids is 1. The van der Waals surface area contributed by atoms with Crippen LogP contribution >= 0.6 is 0 Å². The quantitative estimate of drug-likeness (QED) is 0.879. The molecular weight excluding hydrogens is 230 g/mol. The second-order valence-corrected chi connectivity index (χ2v) is 5.22. The van der Waals surface area contributed by atoms with Gasteiger partial charge >= 0.3 is 5.97 Å². The highest BCUT2D eigenvalue weighted by molar-refractivity contribution is 5.67. The summed E-state index contributed by atoms with van der Waals surface area (Å²) in [5, 5.41) is 13.1. The zero-order chi connectivity index (χ0) is 13.1. The van der Waals surface area contributed by atoms with Crippen molar-refractivity contribution < 1.29 is 9.90 Å². The minimum absolute atomic E-state index is 0.318. The fourth-order valence-electron chi connectivity index (χ4n) is 2.64. The van der Waals surface area contributed by atoms with Crippen LogP contribution in [0.4, 0.5) is 0 Å². The highest BCUT2D eigenvalue weighted by Crippen LogP contribution is 2.21. The number of carboxylic acids is 1. The summed E-state index contributed by atoms with van der Waals surface area (Å²) in [6.07, 6.45) is 2.30. The molecule has 5 nitrogen and oxygen atoms in total. The Bertz CT molecular complexity index is 420. The number of carboxylic acid groups (broad SMARTS) is 1. The van der Waals surface area contributed by atoms with Gasteiger partial charge in [0.25, 0.3) is 0 Å². The van der Waals surface area contributed by atoms with E-state index in [2.05, 4.69) is 16.1 Å². The first-order valence-corrected chi connectivity index (χ1v) is 6.48. The largest absolute Gasteiger partial charge is 0.481 e. The molecule has 100 valence electrons. The fraction of sp³-hybridized carbons (Fsp3) is 0.692. The average Bonchev–Trinajstić information content (AvgIpc) is 2.59. The molecule has 1 N–H and O–H groups in total. The lowest BCUT2D eigenvalue weighted by molar-refractivity contribution is -0.138. The van der Waals surface area contributed by atoms with E-state index in [-0.39, 0.29) is 0 Å². The van der Waals surface area contributed by atoms with E-state index in [0.29, 0.717) is 12.3 Å². The highest BCUT2D eigenvalue weighted by atomic mass is 16.4. The van der Waals surface area contributed by atoms with Gasteiger partial charge in [0.15, 0.2) is 0 Å². The SMILES string of the molecule is Cc1cc(CN2CCC(CC(=O)O)CC2)n(C)n1. The summed E-state index contributed by atoms with van der Waals surface area (Å²) in [5.41, 5.74) is 2.28. The van der Waals surface area contributed by atoms with Crippen LogP contribution in [0.2, 0.25) is 0 Å². The van der Waals surface area contributed by atoms with Crippen molar-refractivity contribution in [2.45, 2.75) is 32.7 Å². The van der Waals surface area contributed by atoms with E-state index in [0.717, 1.165) is 38.2 Å². The molecule has 0 radical (unpaired) electrons.